The number of fused-ring (bicyclic) bond motifs is 1. The van der Waals surface area contributed by atoms with Crippen LogP contribution in [0.15, 0.2) is 36.7 Å². The SMILES string of the molecule is COc1cccc(-n2cc(CNC(=O)[C@H]3CCCCn4nnnc43)cn2)c1. The molecule has 27 heavy (non-hydrogen) atoms. The zero-order chi connectivity index (χ0) is 18.6. The van der Waals surface area contributed by atoms with Gasteiger partial charge in [-0.05, 0) is 35.4 Å². The molecule has 1 amide bonds. The van der Waals surface area contributed by atoms with Crippen LogP contribution in [0.4, 0.5) is 0 Å². The first-order chi connectivity index (χ1) is 13.2. The molecule has 0 bridgehead atoms. The third-order valence-corrected chi connectivity index (χ3v) is 4.72. The van der Waals surface area contributed by atoms with Crippen molar-refractivity contribution in [1.29, 1.82) is 0 Å². The number of ether oxygens (including phenoxy) is 1. The van der Waals surface area contributed by atoms with E-state index in [0.717, 1.165) is 42.8 Å². The minimum atomic E-state index is -0.309. The number of carbonyl (C=O) groups excluding carboxylic acids is 1. The van der Waals surface area contributed by atoms with Crippen molar-refractivity contribution in [2.75, 3.05) is 7.11 Å². The molecule has 0 unspecified atom stereocenters. The summed E-state index contributed by atoms with van der Waals surface area (Å²) in [5.41, 5.74) is 1.81. The van der Waals surface area contributed by atoms with Crippen molar-refractivity contribution in [2.24, 2.45) is 0 Å². The second kappa shape index (κ2) is 7.56. The molecule has 2 aromatic heterocycles. The van der Waals surface area contributed by atoms with Gasteiger partial charge in [0.05, 0.1) is 24.9 Å². The molecule has 1 N–H and O–H groups in total. The van der Waals surface area contributed by atoms with Crippen molar-refractivity contribution in [2.45, 2.75) is 38.3 Å². The maximum absolute atomic E-state index is 12.7. The highest BCUT2D eigenvalue weighted by atomic mass is 16.5. The molecular formula is C18H21N7O2. The molecule has 1 aromatic carbocycles. The normalized spacial score (nSPS) is 16.4. The molecule has 0 spiro atoms. The predicted molar refractivity (Wildman–Crippen MR) is 96.4 cm³/mol. The van der Waals surface area contributed by atoms with Gasteiger partial charge in [0, 0.05) is 30.9 Å². The van der Waals surface area contributed by atoms with Gasteiger partial charge in [-0.25, -0.2) is 9.36 Å². The molecule has 0 saturated heterocycles. The Labute approximate surface area is 156 Å². The van der Waals surface area contributed by atoms with E-state index in [9.17, 15) is 4.79 Å². The average molecular weight is 367 g/mol. The van der Waals surface area contributed by atoms with Crippen LogP contribution < -0.4 is 10.1 Å². The lowest BCUT2D eigenvalue weighted by atomic mass is 10.0. The number of methoxy groups -OCH3 is 1. The zero-order valence-corrected chi connectivity index (χ0v) is 15.1. The number of tetrazole rings is 1. The number of rotatable bonds is 5. The quantitative estimate of drug-likeness (QED) is 0.733. The summed E-state index contributed by atoms with van der Waals surface area (Å²) < 4.78 is 8.74. The summed E-state index contributed by atoms with van der Waals surface area (Å²) in [6, 6.07) is 7.64. The van der Waals surface area contributed by atoms with Crippen molar-refractivity contribution < 1.29 is 9.53 Å². The van der Waals surface area contributed by atoms with Gasteiger partial charge in [0.15, 0.2) is 5.82 Å². The first-order valence-electron chi connectivity index (χ1n) is 8.96. The second-order valence-corrected chi connectivity index (χ2v) is 6.52. The van der Waals surface area contributed by atoms with Crippen LogP contribution in [0, 0.1) is 0 Å². The molecule has 0 radical (unpaired) electrons. The number of hydrogen-bond donors (Lipinski definition) is 1. The Morgan fingerprint density at radius 1 is 1.37 bits per heavy atom. The Hall–Kier alpha value is -3.23. The summed E-state index contributed by atoms with van der Waals surface area (Å²) in [6.45, 7) is 1.17. The van der Waals surface area contributed by atoms with Crippen molar-refractivity contribution in [3.05, 3.63) is 48.0 Å². The van der Waals surface area contributed by atoms with E-state index in [0.29, 0.717) is 12.4 Å². The number of hydrogen-bond acceptors (Lipinski definition) is 6. The highest BCUT2D eigenvalue weighted by Gasteiger charge is 2.28. The van der Waals surface area contributed by atoms with E-state index in [-0.39, 0.29) is 11.8 Å². The standard InChI is InChI=1S/C18H21N7O2/c1-27-15-6-4-5-14(9-15)25-12-13(11-20-25)10-19-18(26)16-7-2-3-8-24-17(16)21-22-23-24/h4-6,9,11-12,16H,2-3,7-8,10H2,1H3,(H,19,26)/t16-/m0/s1. The van der Waals surface area contributed by atoms with E-state index >= 15 is 0 Å². The van der Waals surface area contributed by atoms with Gasteiger partial charge in [-0.2, -0.15) is 5.10 Å². The molecule has 3 heterocycles. The Bertz CT molecular complexity index is 933. The minimum absolute atomic E-state index is 0.0536. The van der Waals surface area contributed by atoms with Gasteiger partial charge < -0.3 is 10.1 Å². The van der Waals surface area contributed by atoms with Crippen LogP contribution >= 0.6 is 0 Å². The largest absolute Gasteiger partial charge is 0.497 e. The van der Waals surface area contributed by atoms with Crippen LogP contribution in [0.1, 0.15) is 36.6 Å². The van der Waals surface area contributed by atoms with Gasteiger partial charge in [-0.3, -0.25) is 4.79 Å². The lowest BCUT2D eigenvalue weighted by molar-refractivity contribution is -0.123. The Kier molecular flexibility index (Phi) is 4.82. The molecule has 1 aliphatic rings. The van der Waals surface area contributed by atoms with E-state index in [1.54, 1.807) is 22.7 Å². The zero-order valence-electron chi connectivity index (χ0n) is 15.1. The van der Waals surface area contributed by atoms with Crippen LogP contribution in [-0.4, -0.2) is 43.0 Å². The summed E-state index contributed by atoms with van der Waals surface area (Å²) >= 11 is 0. The van der Waals surface area contributed by atoms with Crippen molar-refractivity contribution in [3.63, 3.8) is 0 Å². The van der Waals surface area contributed by atoms with E-state index in [1.807, 2.05) is 30.5 Å². The van der Waals surface area contributed by atoms with Gasteiger partial charge in [0.25, 0.3) is 0 Å². The maximum Gasteiger partial charge on any atom is 0.231 e. The van der Waals surface area contributed by atoms with E-state index in [2.05, 4.69) is 25.9 Å². The van der Waals surface area contributed by atoms with Gasteiger partial charge in [-0.1, -0.05) is 12.5 Å². The fourth-order valence-corrected chi connectivity index (χ4v) is 3.27. The van der Waals surface area contributed by atoms with Gasteiger partial charge in [0.2, 0.25) is 5.91 Å². The molecule has 9 heteroatoms. The second-order valence-electron chi connectivity index (χ2n) is 6.52. The predicted octanol–water partition coefficient (Wildman–Crippen LogP) is 1.45. The smallest absolute Gasteiger partial charge is 0.231 e. The summed E-state index contributed by atoms with van der Waals surface area (Å²) in [6.07, 6.45) is 6.35. The number of aryl methyl sites for hydroxylation is 1. The average Bonchev–Trinajstić information content (AvgIpc) is 3.32. The molecule has 0 fully saturated rings. The number of carbonyl (C=O) groups is 1. The molecule has 0 aliphatic carbocycles. The third-order valence-electron chi connectivity index (χ3n) is 4.72. The lowest BCUT2D eigenvalue weighted by Gasteiger charge is -2.12. The number of benzene rings is 1. The van der Waals surface area contributed by atoms with Gasteiger partial charge >= 0.3 is 0 Å². The lowest BCUT2D eigenvalue weighted by Crippen LogP contribution is -2.30. The molecule has 4 rings (SSSR count). The number of nitrogens with zero attached hydrogens (tertiary/aromatic N) is 6. The van der Waals surface area contributed by atoms with Crippen molar-refractivity contribution in [1.82, 2.24) is 35.3 Å². The molecule has 3 aromatic rings. The van der Waals surface area contributed by atoms with Crippen molar-refractivity contribution >= 4 is 5.91 Å². The highest BCUT2D eigenvalue weighted by Crippen LogP contribution is 2.24. The molecular weight excluding hydrogens is 346 g/mol. The van der Waals surface area contributed by atoms with Gasteiger partial charge in [-0.15, -0.1) is 5.10 Å². The maximum atomic E-state index is 12.7. The van der Waals surface area contributed by atoms with Crippen LogP contribution in [0.3, 0.4) is 0 Å². The molecule has 1 atom stereocenters. The Morgan fingerprint density at radius 2 is 2.30 bits per heavy atom. The number of amides is 1. The Morgan fingerprint density at radius 3 is 3.19 bits per heavy atom. The molecule has 9 nitrogen and oxygen atoms in total. The van der Waals surface area contributed by atoms with Gasteiger partial charge in [0.1, 0.15) is 5.75 Å². The van der Waals surface area contributed by atoms with Crippen LogP contribution in [0.2, 0.25) is 0 Å². The summed E-state index contributed by atoms with van der Waals surface area (Å²) in [7, 11) is 1.63. The van der Waals surface area contributed by atoms with Crippen LogP contribution in [0.5, 0.6) is 5.75 Å². The monoisotopic (exact) mass is 367 g/mol. The molecule has 0 saturated carbocycles. The number of nitrogens with one attached hydrogen (secondary N) is 1. The molecule has 140 valence electrons. The summed E-state index contributed by atoms with van der Waals surface area (Å²) in [4.78, 5) is 12.7. The van der Waals surface area contributed by atoms with Crippen molar-refractivity contribution in [3.8, 4) is 11.4 Å². The van der Waals surface area contributed by atoms with Crippen LogP contribution in [0.25, 0.3) is 5.69 Å². The van der Waals surface area contributed by atoms with E-state index in [4.69, 9.17) is 4.74 Å². The fraction of sp³-hybridized carbons (Fsp3) is 0.389. The van der Waals surface area contributed by atoms with Crippen LogP contribution in [-0.2, 0) is 17.9 Å². The summed E-state index contributed by atoms with van der Waals surface area (Å²) in [5, 5.41) is 19.1. The topological polar surface area (TPSA) is 99.8 Å². The molecule has 1 aliphatic heterocycles. The highest BCUT2D eigenvalue weighted by molar-refractivity contribution is 5.82. The fourth-order valence-electron chi connectivity index (χ4n) is 3.27. The first-order valence-corrected chi connectivity index (χ1v) is 8.96. The first kappa shape index (κ1) is 17.2. The van der Waals surface area contributed by atoms with E-state index < -0.39 is 0 Å². The minimum Gasteiger partial charge on any atom is -0.497 e. The number of aromatic nitrogens is 6. The third kappa shape index (κ3) is 3.67. The Balaban J connectivity index is 1.42. The summed E-state index contributed by atoms with van der Waals surface area (Å²) in [5.74, 6) is 1.05. The van der Waals surface area contributed by atoms with E-state index in [1.165, 1.54) is 0 Å².